The zero-order chi connectivity index (χ0) is 11.7. The minimum Gasteiger partial charge on any atom is -0.373 e. The van der Waals surface area contributed by atoms with Gasteiger partial charge in [0.2, 0.25) is 0 Å². The Hall–Kier alpha value is -0.770. The van der Waals surface area contributed by atoms with Crippen molar-refractivity contribution >= 4 is 6.03 Å². The predicted octanol–water partition coefficient (Wildman–Crippen LogP) is 1.89. The lowest BCUT2D eigenvalue weighted by atomic mass is 10.00. The van der Waals surface area contributed by atoms with E-state index in [1.54, 1.807) is 0 Å². The quantitative estimate of drug-likeness (QED) is 0.758. The molecule has 3 fully saturated rings. The molecule has 2 aliphatic heterocycles. The number of likely N-dealkylation sites (tertiary alicyclic amines) is 1. The molecular formula is C13H22N2O2. The SMILES string of the molecule is O=C(NC1CCCC1)N1CC[C@]2(CCCO2)C1. The molecular weight excluding hydrogens is 216 g/mol. The van der Waals surface area contributed by atoms with Crippen LogP contribution in [-0.2, 0) is 4.74 Å². The van der Waals surface area contributed by atoms with Gasteiger partial charge in [-0.05, 0) is 32.1 Å². The van der Waals surface area contributed by atoms with Gasteiger partial charge < -0.3 is 15.0 Å². The van der Waals surface area contributed by atoms with Crippen molar-refractivity contribution in [3.63, 3.8) is 0 Å². The molecule has 1 N–H and O–H groups in total. The van der Waals surface area contributed by atoms with E-state index in [-0.39, 0.29) is 11.6 Å². The van der Waals surface area contributed by atoms with Crippen LogP contribution in [-0.4, -0.2) is 42.3 Å². The average Bonchev–Trinajstić information content (AvgIpc) is 3.03. The van der Waals surface area contributed by atoms with Crippen LogP contribution < -0.4 is 5.32 Å². The second-order valence-electron chi connectivity index (χ2n) is 5.74. The van der Waals surface area contributed by atoms with E-state index in [2.05, 4.69) is 5.32 Å². The van der Waals surface area contributed by atoms with E-state index in [0.29, 0.717) is 6.04 Å². The molecule has 2 amide bonds. The smallest absolute Gasteiger partial charge is 0.317 e. The molecule has 3 rings (SSSR count). The Morgan fingerprint density at radius 1 is 1.24 bits per heavy atom. The van der Waals surface area contributed by atoms with Crippen molar-refractivity contribution in [2.24, 2.45) is 0 Å². The standard InChI is InChI=1S/C13H22N2O2/c16-12(14-11-4-1-2-5-11)15-8-7-13(10-15)6-3-9-17-13/h11H,1-10H2,(H,14,16)/t13-/m1/s1. The zero-order valence-corrected chi connectivity index (χ0v) is 10.4. The highest BCUT2D eigenvalue weighted by Crippen LogP contribution is 2.34. The Labute approximate surface area is 103 Å². The molecule has 17 heavy (non-hydrogen) atoms. The van der Waals surface area contributed by atoms with Crippen molar-refractivity contribution in [1.29, 1.82) is 0 Å². The molecule has 4 nitrogen and oxygen atoms in total. The fourth-order valence-electron chi connectivity index (χ4n) is 3.43. The van der Waals surface area contributed by atoms with E-state index in [1.165, 1.54) is 12.8 Å². The van der Waals surface area contributed by atoms with Crippen molar-refractivity contribution in [3.05, 3.63) is 0 Å². The second-order valence-corrected chi connectivity index (χ2v) is 5.74. The topological polar surface area (TPSA) is 41.6 Å². The van der Waals surface area contributed by atoms with Gasteiger partial charge in [-0.25, -0.2) is 4.79 Å². The number of carbonyl (C=O) groups is 1. The van der Waals surface area contributed by atoms with E-state index >= 15 is 0 Å². The first-order chi connectivity index (χ1) is 8.27. The molecule has 1 atom stereocenters. The van der Waals surface area contributed by atoms with Gasteiger partial charge in [0.25, 0.3) is 0 Å². The van der Waals surface area contributed by atoms with Crippen molar-refractivity contribution in [3.8, 4) is 0 Å². The first-order valence-corrected chi connectivity index (χ1v) is 6.97. The van der Waals surface area contributed by atoms with E-state index in [1.807, 2.05) is 4.90 Å². The van der Waals surface area contributed by atoms with Crippen LogP contribution >= 0.6 is 0 Å². The van der Waals surface area contributed by atoms with E-state index in [0.717, 1.165) is 51.8 Å². The Kier molecular flexibility index (Phi) is 2.99. The Morgan fingerprint density at radius 2 is 2.06 bits per heavy atom. The van der Waals surface area contributed by atoms with Crippen molar-refractivity contribution < 1.29 is 9.53 Å². The number of urea groups is 1. The van der Waals surface area contributed by atoms with Crippen molar-refractivity contribution in [1.82, 2.24) is 10.2 Å². The summed E-state index contributed by atoms with van der Waals surface area (Å²) < 4.78 is 5.83. The van der Waals surface area contributed by atoms with Crippen LogP contribution in [0.1, 0.15) is 44.9 Å². The molecule has 0 aromatic heterocycles. The molecule has 0 aromatic rings. The maximum absolute atomic E-state index is 12.1. The number of carbonyl (C=O) groups excluding carboxylic acids is 1. The van der Waals surface area contributed by atoms with Gasteiger partial charge in [-0.15, -0.1) is 0 Å². The van der Waals surface area contributed by atoms with E-state index in [9.17, 15) is 4.79 Å². The van der Waals surface area contributed by atoms with Gasteiger partial charge in [-0.1, -0.05) is 12.8 Å². The minimum atomic E-state index is 0.00696. The number of ether oxygens (including phenoxy) is 1. The van der Waals surface area contributed by atoms with Gasteiger partial charge in [-0.2, -0.15) is 0 Å². The maximum atomic E-state index is 12.1. The lowest BCUT2D eigenvalue weighted by molar-refractivity contribution is 0.0152. The number of amides is 2. The minimum absolute atomic E-state index is 0.00696. The summed E-state index contributed by atoms with van der Waals surface area (Å²) in [6, 6.07) is 0.549. The molecule has 0 unspecified atom stereocenters. The third-order valence-corrected chi connectivity index (χ3v) is 4.47. The normalized spacial score (nSPS) is 33.8. The number of rotatable bonds is 1. The van der Waals surface area contributed by atoms with Gasteiger partial charge in [0.15, 0.2) is 0 Å². The highest BCUT2D eigenvalue weighted by atomic mass is 16.5. The van der Waals surface area contributed by atoms with E-state index in [4.69, 9.17) is 4.74 Å². The molecule has 96 valence electrons. The highest BCUT2D eigenvalue weighted by Gasteiger charge is 2.43. The highest BCUT2D eigenvalue weighted by molar-refractivity contribution is 5.75. The third kappa shape index (κ3) is 2.28. The fraction of sp³-hybridized carbons (Fsp3) is 0.923. The average molecular weight is 238 g/mol. The van der Waals surface area contributed by atoms with Gasteiger partial charge in [0.1, 0.15) is 0 Å². The molecule has 1 aliphatic carbocycles. The monoisotopic (exact) mass is 238 g/mol. The molecule has 1 saturated carbocycles. The number of nitrogens with zero attached hydrogens (tertiary/aromatic N) is 1. The summed E-state index contributed by atoms with van der Waals surface area (Å²) >= 11 is 0. The number of nitrogens with one attached hydrogen (secondary N) is 1. The molecule has 2 saturated heterocycles. The van der Waals surface area contributed by atoms with Gasteiger partial charge in [-0.3, -0.25) is 0 Å². The predicted molar refractivity (Wildman–Crippen MR) is 64.9 cm³/mol. The van der Waals surface area contributed by atoms with Crippen LogP contribution in [0, 0.1) is 0 Å². The van der Waals surface area contributed by atoms with Crippen LogP contribution in [0.2, 0.25) is 0 Å². The first-order valence-electron chi connectivity index (χ1n) is 6.97. The summed E-state index contributed by atoms with van der Waals surface area (Å²) in [6.07, 6.45) is 8.13. The summed E-state index contributed by atoms with van der Waals surface area (Å²) in [5.41, 5.74) is 0.00696. The molecule has 0 aromatic carbocycles. The molecule has 4 heteroatoms. The van der Waals surface area contributed by atoms with Crippen molar-refractivity contribution in [2.75, 3.05) is 19.7 Å². The summed E-state index contributed by atoms with van der Waals surface area (Å²) in [5, 5.41) is 3.16. The first kappa shape index (κ1) is 11.3. The van der Waals surface area contributed by atoms with Crippen LogP contribution in [0.3, 0.4) is 0 Å². The maximum Gasteiger partial charge on any atom is 0.317 e. The lowest BCUT2D eigenvalue weighted by Gasteiger charge is -2.24. The Morgan fingerprint density at radius 3 is 2.76 bits per heavy atom. The Balaban J connectivity index is 1.53. The van der Waals surface area contributed by atoms with Gasteiger partial charge in [0.05, 0.1) is 12.1 Å². The van der Waals surface area contributed by atoms with E-state index < -0.39 is 0 Å². The number of hydrogen-bond acceptors (Lipinski definition) is 2. The summed E-state index contributed by atoms with van der Waals surface area (Å²) in [7, 11) is 0. The van der Waals surface area contributed by atoms with Crippen LogP contribution in [0.4, 0.5) is 4.79 Å². The lowest BCUT2D eigenvalue weighted by Crippen LogP contribution is -2.44. The molecule has 1 spiro atoms. The third-order valence-electron chi connectivity index (χ3n) is 4.47. The fourth-order valence-corrected chi connectivity index (χ4v) is 3.43. The zero-order valence-electron chi connectivity index (χ0n) is 10.4. The second kappa shape index (κ2) is 4.48. The van der Waals surface area contributed by atoms with Crippen LogP contribution in [0.15, 0.2) is 0 Å². The van der Waals surface area contributed by atoms with Gasteiger partial charge >= 0.3 is 6.03 Å². The van der Waals surface area contributed by atoms with Crippen LogP contribution in [0.5, 0.6) is 0 Å². The van der Waals surface area contributed by atoms with Crippen LogP contribution in [0.25, 0.3) is 0 Å². The summed E-state index contributed by atoms with van der Waals surface area (Å²) in [4.78, 5) is 14.0. The van der Waals surface area contributed by atoms with Crippen molar-refractivity contribution in [2.45, 2.75) is 56.6 Å². The molecule has 3 aliphatic rings. The number of hydrogen-bond donors (Lipinski definition) is 1. The summed E-state index contributed by atoms with van der Waals surface area (Å²) in [5.74, 6) is 0. The van der Waals surface area contributed by atoms with Gasteiger partial charge in [0, 0.05) is 19.2 Å². The Bertz CT molecular complexity index is 294. The molecule has 2 heterocycles. The summed E-state index contributed by atoms with van der Waals surface area (Å²) in [6.45, 7) is 2.53. The molecule has 0 bridgehead atoms. The molecule has 0 radical (unpaired) electrons. The largest absolute Gasteiger partial charge is 0.373 e.